The summed E-state index contributed by atoms with van der Waals surface area (Å²) in [6, 6.07) is 6.49. The van der Waals surface area contributed by atoms with Gasteiger partial charge in [-0.05, 0) is 49.4 Å². The molecule has 0 bridgehead atoms. The van der Waals surface area contributed by atoms with Gasteiger partial charge in [-0.15, -0.1) is 0 Å². The number of benzene rings is 1. The molecule has 0 amide bonds. The van der Waals surface area contributed by atoms with E-state index in [0.29, 0.717) is 44.7 Å². The van der Waals surface area contributed by atoms with Crippen LogP contribution in [-0.2, 0) is 13.6 Å². The zero-order chi connectivity index (χ0) is 22.3. The molecular formula is C23H25ClFN5O. The summed E-state index contributed by atoms with van der Waals surface area (Å²) in [5.74, 6) is 1.32. The topological polar surface area (TPSA) is 66.8 Å². The lowest BCUT2D eigenvalue weighted by Crippen LogP contribution is -2.37. The molecule has 0 N–H and O–H groups in total. The molecule has 4 rings (SSSR count). The molecule has 8 heteroatoms. The molecule has 0 unspecified atom stereocenters. The highest BCUT2D eigenvalue weighted by atomic mass is 35.5. The van der Waals surface area contributed by atoms with Gasteiger partial charge in [-0.1, -0.05) is 24.9 Å². The predicted molar refractivity (Wildman–Crippen MR) is 120 cm³/mol. The third-order valence-electron chi connectivity index (χ3n) is 6.32. The van der Waals surface area contributed by atoms with Crippen LogP contribution in [0.15, 0.2) is 23.0 Å². The Kier molecular flexibility index (Phi) is 5.76. The molecule has 3 aromatic rings. The molecule has 1 fully saturated rings. The van der Waals surface area contributed by atoms with E-state index in [2.05, 4.69) is 22.9 Å². The van der Waals surface area contributed by atoms with E-state index < -0.39 is 5.82 Å². The molecule has 0 spiro atoms. The zero-order valence-corrected chi connectivity index (χ0v) is 18.7. The number of fused-ring (bicyclic) bond motifs is 1. The molecule has 3 heterocycles. The zero-order valence-electron chi connectivity index (χ0n) is 18.0. The number of rotatable bonds is 4. The summed E-state index contributed by atoms with van der Waals surface area (Å²) in [5, 5.41) is 10.5. The van der Waals surface area contributed by atoms with E-state index in [0.717, 1.165) is 32.4 Å². The molecular weight excluding hydrogens is 417 g/mol. The van der Waals surface area contributed by atoms with Gasteiger partial charge in [0.25, 0.3) is 5.56 Å². The summed E-state index contributed by atoms with van der Waals surface area (Å²) < 4.78 is 17.3. The van der Waals surface area contributed by atoms with E-state index in [1.54, 1.807) is 18.5 Å². The van der Waals surface area contributed by atoms with Gasteiger partial charge in [-0.2, -0.15) is 5.26 Å². The fourth-order valence-electron chi connectivity index (χ4n) is 4.47. The van der Waals surface area contributed by atoms with Crippen LogP contribution in [-0.4, -0.2) is 27.2 Å². The number of aryl methyl sites for hydroxylation is 1. The van der Waals surface area contributed by atoms with Gasteiger partial charge in [0, 0.05) is 25.2 Å². The molecule has 0 radical (unpaired) electrons. The monoisotopic (exact) mass is 441 g/mol. The largest absolute Gasteiger partial charge is 0.357 e. The van der Waals surface area contributed by atoms with Crippen molar-refractivity contribution in [1.82, 2.24) is 14.1 Å². The molecule has 2 aromatic heterocycles. The molecule has 1 aliphatic rings. The molecule has 6 nitrogen and oxygen atoms in total. The molecule has 31 heavy (non-hydrogen) atoms. The standard InChI is InChI=1S/C23H25ClFN5O/c1-4-15-6-5-9-29(12-15)22-18(11-26)20-21(23(31)28(3)14(2)27-20)30(22)13-16-10-17(25)7-8-19(16)24/h7-8,10,15H,4-6,9,12-13H2,1-3H3/t15-/m1/s1. The fourth-order valence-corrected chi connectivity index (χ4v) is 4.65. The van der Waals surface area contributed by atoms with Crippen LogP contribution in [0.25, 0.3) is 11.0 Å². The van der Waals surface area contributed by atoms with Crippen molar-refractivity contribution in [2.24, 2.45) is 13.0 Å². The second-order valence-corrected chi connectivity index (χ2v) is 8.62. The SMILES string of the molecule is CC[C@@H]1CCCN(c2c(C#N)c3nc(C)n(C)c(=O)c3n2Cc2cc(F)ccc2Cl)C1. The number of aromatic nitrogens is 3. The van der Waals surface area contributed by atoms with Crippen LogP contribution in [0.1, 0.15) is 43.1 Å². The third kappa shape index (κ3) is 3.70. The molecule has 1 aromatic carbocycles. The molecule has 0 aliphatic carbocycles. The number of anilines is 1. The minimum atomic E-state index is -0.399. The lowest BCUT2D eigenvalue weighted by Gasteiger charge is -2.34. The third-order valence-corrected chi connectivity index (χ3v) is 6.69. The summed E-state index contributed by atoms with van der Waals surface area (Å²) in [6.07, 6.45) is 3.20. The first-order chi connectivity index (χ1) is 14.8. The highest BCUT2D eigenvalue weighted by Gasteiger charge is 2.29. The first-order valence-electron chi connectivity index (χ1n) is 10.5. The smallest absolute Gasteiger partial charge is 0.277 e. The van der Waals surface area contributed by atoms with Crippen molar-refractivity contribution in [3.63, 3.8) is 0 Å². The number of hydrogen-bond donors (Lipinski definition) is 0. The van der Waals surface area contributed by atoms with E-state index >= 15 is 0 Å². The van der Waals surface area contributed by atoms with Gasteiger partial charge < -0.3 is 9.47 Å². The van der Waals surface area contributed by atoms with Crippen molar-refractivity contribution in [2.75, 3.05) is 18.0 Å². The van der Waals surface area contributed by atoms with Gasteiger partial charge in [0.15, 0.2) is 0 Å². The van der Waals surface area contributed by atoms with Crippen LogP contribution in [0, 0.1) is 30.0 Å². The maximum atomic E-state index is 14.0. The van der Waals surface area contributed by atoms with E-state index in [9.17, 15) is 14.4 Å². The quantitative estimate of drug-likeness (QED) is 0.602. The minimum Gasteiger partial charge on any atom is -0.357 e. The number of nitriles is 1. The molecule has 1 saturated heterocycles. The van der Waals surface area contributed by atoms with Gasteiger partial charge in [0.1, 0.15) is 40.1 Å². The lowest BCUT2D eigenvalue weighted by molar-refractivity contribution is 0.401. The number of piperidine rings is 1. The first-order valence-corrected chi connectivity index (χ1v) is 10.9. The normalized spacial score (nSPS) is 16.6. The van der Waals surface area contributed by atoms with Gasteiger partial charge in [-0.3, -0.25) is 9.36 Å². The van der Waals surface area contributed by atoms with Crippen molar-refractivity contribution in [3.8, 4) is 6.07 Å². The van der Waals surface area contributed by atoms with E-state index in [4.69, 9.17) is 11.6 Å². The molecule has 162 valence electrons. The maximum Gasteiger partial charge on any atom is 0.277 e. The minimum absolute atomic E-state index is 0.178. The van der Waals surface area contributed by atoms with Crippen LogP contribution in [0.3, 0.4) is 0 Å². The van der Waals surface area contributed by atoms with E-state index in [-0.39, 0.29) is 12.1 Å². The van der Waals surface area contributed by atoms with Gasteiger partial charge in [0.2, 0.25) is 0 Å². The Labute approximate surface area is 185 Å². The fraction of sp³-hybridized carbons (Fsp3) is 0.435. The lowest BCUT2D eigenvalue weighted by atomic mass is 9.95. The Bertz CT molecular complexity index is 1260. The Hall–Kier alpha value is -2.85. The highest BCUT2D eigenvalue weighted by Crippen LogP contribution is 2.35. The summed E-state index contributed by atoms with van der Waals surface area (Å²) in [6.45, 7) is 5.69. The van der Waals surface area contributed by atoms with Crippen molar-refractivity contribution >= 4 is 28.5 Å². The Morgan fingerprint density at radius 1 is 1.39 bits per heavy atom. The van der Waals surface area contributed by atoms with Crippen LogP contribution in [0.4, 0.5) is 10.2 Å². The van der Waals surface area contributed by atoms with Crippen molar-refractivity contribution in [1.29, 1.82) is 5.26 Å². The number of halogens is 2. The summed E-state index contributed by atoms with van der Waals surface area (Å²) in [4.78, 5) is 20.0. The van der Waals surface area contributed by atoms with Crippen LogP contribution in [0.5, 0.6) is 0 Å². The number of nitrogens with zero attached hydrogens (tertiary/aromatic N) is 5. The van der Waals surface area contributed by atoms with Gasteiger partial charge in [-0.25, -0.2) is 9.37 Å². The summed E-state index contributed by atoms with van der Waals surface area (Å²) in [5.41, 5.74) is 1.45. The average Bonchev–Trinajstić information content (AvgIpc) is 3.07. The van der Waals surface area contributed by atoms with Gasteiger partial charge in [0.05, 0.1) is 6.54 Å². The van der Waals surface area contributed by atoms with Crippen LogP contribution < -0.4 is 10.5 Å². The average molecular weight is 442 g/mol. The second-order valence-electron chi connectivity index (χ2n) is 8.22. The maximum absolute atomic E-state index is 14.0. The van der Waals surface area contributed by atoms with Crippen LogP contribution in [0.2, 0.25) is 5.02 Å². The summed E-state index contributed by atoms with van der Waals surface area (Å²) >= 11 is 6.36. The summed E-state index contributed by atoms with van der Waals surface area (Å²) in [7, 11) is 1.66. The first kappa shape index (κ1) is 21.4. The van der Waals surface area contributed by atoms with E-state index in [1.165, 1.54) is 22.8 Å². The van der Waals surface area contributed by atoms with Gasteiger partial charge >= 0.3 is 0 Å². The molecule has 1 atom stereocenters. The Morgan fingerprint density at radius 3 is 2.87 bits per heavy atom. The van der Waals surface area contributed by atoms with E-state index in [1.807, 2.05) is 0 Å². The predicted octanol–water partition coefficient (Wildman–Crippen LogP) is 4.38. The number of hydrogen-bond acceptors (Lipinski definition) is 4. The van der Waals surface area contributed by atoms with Crippen molar-refractivity contribution < 1.29 is 4.39 Å². The Balaban J connectivity index is 2.01. The van der Waals surface area contributed by atoms with Crippen LogP contribution >= 0.6 is 11.6 Å². The second kappa shape index (κ2) is 8.35. The highest BCUT2D eigenvalue weighted by molar-refractivity contribution is 6.31. The Morgan fingerprint density at radius 2 is 2.16 bits per heavy atom. The van der Waals surface area contributed by atoms with Crippen molar-refractivity contribution in [2.45, 2.75) is 39.7 Å². The molecule has 1 aliphatic heterocycles. The van der Waals surface area contributed by atoms with Crippen molar-refractivity contribution in [3.05, 3.63) is 56.3 Å². The molecule has 0 saturated carbocycles.